The van der Waals surface area contributed by atoms with Crippen molar-refractivity contribution in [2.24, 2.45) is 0 Å². The molecule has 0 amide bonds. The van der Waals surface area contributed by atoms with Crippen molar-refractivity contribution in [1.29, 1.82) is 0 Å². The summed E-state index contributed by atoms with van der Waals surface area (Å²) < 4.78 is 0. The van der Waals surface area contributed by atoms with Crippen molar-refractivity contribution >= 4 is 0 Å². The number of hydrogen-bond acceptors (Lipinski definition) is 4. The van der Waals surface area contributed by atoms with Gasteiger partial charge in [-0.15, -0.1) is 0 Å². The molecule has 72 valence electrons. The van der Waals surface area contributed by atoms with E-state index in [1.807, 2.05) is 0 Å². The Labute approximate surface area is 74.7 Å². The standard InChI is InChI=1S/C8H20N4/c1-2-9-3-4-11-12-7-5-10-6-8-12/h9-11H,2-8H2,1H3. The number of likely N-dealkylation sites (N-methyl/N-ethyl adjacent to an activating group) is 1. The van der Waals surface area contributed by atoms with Crippen LogP contribution in [0.5, 0.6) is 0 Å². The second-order valence-electron chi connectivity index (χ2n) is 3.00. The van der Waals surface area contributed by atoms with Crippen LogP contribution in [-0.4, -0.2) is 50.8 Å². The van der Waals surface area contributed by atoms with E-state index in [1.54, 1.807) is 0 Å². The molecular weight excluding hydrogens is 152 g/mol. The molecule has 1 aliphatic rings. The summed E-state index contributed by atoms with van der Waals surface area (Å²) in [5.74, 6) is 0. The van der Waals surface area contributed by atoms with E-state index in [0.29, 0.717) is 0 Å². The zero-order valence-corrected chi connectivity index (χ0v) is 7.90. The lowest BCUT2D eigenvalue weighted by atomic mass is 10.4. The minimum atomic E-state index is 1.04. The van der Waals surface area contributed by atoms with E-state index in [2.05, 4.69) is 28.0 Å². The van der Waals surface area contributed by atoms with Crippen LogP contribution in [0.4, 0.5) is 0 Å². The Morgan fingerprint density at radius 2 is 2.00 bits per heavy atom. The zero-order chi connectivity index (χ0) is 8.65. The number of rotatable bonds is 5. The number of piperazine rings is 1. The second-order valence-corrected chi connectivity index (χ2v) is 3.00. The van der Waals surface area contributed by atoms with E-state index in [0.717, 1.165) is 45.8 Å². The normalized spacial score (nSPS) is 19.8. The van der Waals surface area contributed by atoms with E-state index >= 15 is 0 Å². The van der Waals surface area contributed by atoms with Crippen LogP contribution in [-0.2, 0) is 0 Å². The minimum Gasteiger partial charge on any atom is -0.316 e. The van der Waals surface area contributed by atoms with Crippen LogP contribution >= 0.6 is 0 Å². The third-order valence-electron chi connectivity index (χ3n) is 2.00. The summed E-state index contributed by atoms with van der Waals surface area (Å²) in [6.07, 6.45) is 0. The van der Waals surface area contributed by atoms with Gasteiger partial charge in [0.25, 0.3) is 0 Å². The average Bonchev–Trinajstić information content (AvgIpc) is 2.14. The first-order valence-electron chi connectivity index (χ1n) is 4.83. The lowest BCUT2D eigenvalue weighted by molar-refractivity contribution is 0.165. The summed E-state index contributed by atoms with van der Waals surface area (Å²) in [7, 11) is 0. The summed E-state index contributed by atoms with van der Waals surface area (Å²) in [5, 5.41) is 8.89. The van der Waals surface area contributed by atoms with Gasteiger partial charge in [0.05, 0.1) is 0 Å². The summed E-state index contributed by atoms with van der Waals surface area (Å²) in [5.41, 5.74) is 3.39. The maximum absolute atomic E-state index is 3.39. The van der Waals surface area contributed by atoms with E-state index < -0.39 is 0 Å². The number of nitrogens with zero attached hydrogens (tertiary/aromatic N) is 1. The van der Waals surface area contributed by atoms with E-state index in [1.165, 1.54) is 0 Å². The van der Waals surface area contributed by atoms with Gasteiger partial charge >= 0.3 is 0 Å². The van der Waals surface area contributed by atoms with E-state index in [9.17, 15) is 0 Å². The molecule has 0 atom stereocenters. The van der Waals surface area contributed by atoms with Gasteiger partial charge < -0.3 is 10.6 Å². The largest absolute Gasteiger partial charge is 0.316 e. The van der Waals surface area contributed by atoms with Gasteiger partial charge in [0, 0.05) is 39.3 Å². The van der Waals surface area contributed by atoms with Gasteiger partial charge in [0.15, 0.2) is 0 Å². The predicted octanol–water partition coefficient (Wildman–Crippen LogP) is -0.994. The van der Waals surface area contributed by atoms with E-state index in [-0.39, 0.29) is 0 Å². The molecule has 4 heteroatoms. The molecule has 0 aromatic carbocycles. The van der Waals surface area contributed by atoms with Crippen LogP contribution in [0.1, 0.15) is 6.92 Å². The lowest BCUT2D eigenvalue weighted by Crippen LogP contribution is -2.51. The Bertz CT molecular complexity index is 101. The first kappa shape index (κ1) is 9.92. The molecular formula is C8H20N4. The molecule has 4 nitrogen and oxygen atoms in total. The zero-order valence-electron chi connectivity index (χ0n) is 7.90. The monoisotopic (exact) mass is 172 g/mol. The maximum atomic E-state index is 3.39. The van der Waals surface area contributed by atoms with Gasteiger partial charge in [0.2, 0.25) is 0 Å². The Hall–Kier alpha value is -0.160. The maximum Gasteiger partial charge on any atom is 0.0256 e. The highest BCUT2D eigenvalue weighted by atomic mass is 15.5. The summed E-state index contributed by atoms with van der Waals surface area (Å²) in [4.78, 5) is 0. The SMILES string of the molecule is CCNCCNN1CCNCC1. The third kappa shape index (κ3) is 4.01. The number of hydrogen-bond donors (Lipinski definition) is 3. The third-order valence-corrected chi connectivity index (χ3v) is 2.00. The molecule has 0 aromatic heterocycles. The second kappa shape index (κ2) is 6.37. The molecule has 1 fully saturated rings. The lowest BCUT2D eigenvalue weighted by Gasteiger charge is -2.27. The molecule has 0 radical (unpaired) electrons. The molecule has 1 aliphatic heterocycles. The van der Waals surface area contributed by atoms with Crippen molar-refractivity contribution in [1.82, 2.24) is 21.1 Å². The molecule has 12 heavy (non-hydrogen) atoms. The van der Waals surface area contributed by atoms with Crippen LogP contribution in [0.15, 0.2) is 0 Å². The predicted molar refractivity (Wildman–Crippen MR) is 51.0 cm³/mol. The Morgan fingerprint density at radius 1 is 1.25 bits per heavy atom. The van der Waals surface area contributed by atoms with Crippen LogP contribution in [0, 0.1) is 0 Å². The fourth-order valence-electron chi connectivity index (χ4n) is 1.30. The first-order valence-corrected chi connectivity index (χ1v) is 4.83. The molecule has 0 unspecified atom stereocenters. The fourth-order valence-corrected chi connectivity index (χ4v) is 1.30. The van der Waals surface area contributed by atoms with Crippen molar-refractivity contribution in [3.63, 3.8) is 0 Å². The topological polar surface area (TPSA) is 39.3 Å². The quantitative estimate of drug-likeness (QED) is 0.466. The molecule has 0 spiro atoms. The molecule has 0 aliphatic carbocycles. The Morgan fingerprint density at radius 3 is 2.67 bits per heavy atom. The Balaban J connectivity index is 1.91. The van der Waals surface area contributed by atoms with Crippen molar-refractivity contribution < 1.29 is 0 Å². The molecule has 0 aromatic rings. The minimum absolute atomic E-state index is 1.04. The van der Waals surface area contributed by atoms with Crippen molar-refractivity contribution in [2.75, 3.05) is 45.8 Å². The van der Waals surface area contributed by atoms with E-state index in [4.69, 9.17) is 0 Å². The highest BCUT2D eigenvalue weighted by Crippen LogP contribution is 1.84. The summed E-state index contributed by atoms with van der Waals surface area (Å²) in [6, 6.07) is 0. The van der Waals surface area contributed by atoms with Crippen molar-refractivity contribution in [3.05, 3.63) is 0 Å². The van der Waals surface area contributed by atoms with Crippen LogP contribution in [0.25, 0.3) is 0 Å². The van der Waals surface area contributed by atoms with Gasteiger partial charge in [-0.1, -0.05) is 6.92 Å². The molecule has 0 saturated carbocycles. The van der Waals surface area contributed by atoms with Gasteiger partial charge in [-0.2, -0.15) is 0 Å². The first-order chi connectivity index (χ1) is 5.93. The number of hydrazine groups is 1. The van der Waals surface area contributed by atoms with Gasteiger partial charge in [-0.05, 0) is 6.54 Å². The van der Waals surface area contributed by atoms with Gasteiger partial charge in [-0.25, -0.2) is 5.01 Å². The Kier molecular flexibility index (Phi) is 5.27. The van der Waals surface area contributed by atoms with Gasteiger partial charge in [-0.3, -0.25) is 5.43 Å². The number of nitrogens with one attached hydrogen (secondary N) is 3. The smallest absolute Gasteiger partial charge is 0.0256 e. The highest BCUT2D eigenvalue weighted by Gasteiger charge is 2.06. The fraction of sp³-hybridized carbons (Fsp3) is 1.00. The van der Waals surface area contributed by atoms with Crippen LogP contribution < -0.4 is 16.1 Å². The van der Waals surface area contributed by atoms with Crippen molar-refractivity contribution in [2.45, 2.75) is 6.92 Å². The average molecular weight is 172 g/mol. The van der Waals surface area contributed by atoms with Crippen LogP contribution in [0.3, 0.4) is 0 Å². The molecule has 3 N–H and O–H groups in total. The highest BCUT2D eigenvalue weighted by molar-refractivity contribution is 4.63. The van der Waals surface area contributed by atoms with Crippen LogP contribution in [0.2, 0.25) is 0 Å². The summed E-state index contributed by atoms with van der Waals surface area (Å²) >= 11 is 0. The molecule has 1 rings (SSSR count). The molecule has 1 saturated heterocycles. The molecule has 1 heterocycles. The van der Waals surface area contributed by atoms with Crippen molar-refractivity contribution in [3.8, 4) is 0 Å². The summed E-state index contributed by atoms with van der Waals surface area (Å²) in [6.45, 7) is 9.73. The van der Waals surface area contributed by atoms with Gasteiger partial charge in [0.1, 0.15) is 0 Å². The molecule has 0 bridgehead atoms.